The number of sulfonamides is 1. The normalized spacial score (nSPS) is 20.6. The summed E-state index contributed by atoms with van der Waals surface area (Å²) in [4.78, 5) is 18.7. The fourth-order valence-corrected chi connectivity index (χ4v) is 7.39. The number of nitrogens with one attached hydrogen (secondary N) is 1. The second kappa shape index (κ2) is 8.10. The Labute approximate surface area is 192 Å². The van der Waals surface area contributed by atoms with Crippen LogP contribution in [0.2, 0.25) is 0 Å². The van der Waals surface area contributed by atoms with Crippen molar-refractivity contribution in [3.63, 3.8) is 0 Å². The van der Waals surface area contributed by atoms with E-state index in [-0.39, 0.29) is 10.8 Å². The highest BCUT2D eigenvalue weighted by Crippen LogP contribution is 2.40. The molecule has 1 saturated heterocycles. The number of fused-ring (bicyclic) bond motifs is 3. The molecular formula is C24H25N3O3S2. The van der Waals surface area contributed by atoms with Crippen molar-refractivity contribution >= 4 is 32.4 Å². The van der Waals surface area contributed by atoms with E-state index < -0.39 is 10.0 Å². The van der Waals surface area contributed by atoms with Crippen molar-refractivity contribution in [1.29, 1.82) is 0 Å². The molecule has 0 saturated carbocycles. The number of rotatable bonds is 4. The first kappa shape index (κ1) is 21.3. The van der Waals surface area contributed by atoms with Crippen LogP contribution in [0, 0.1) is 11.8 Å². The van der Waals surface area contributed by atoms with Crippen molar-refractivity contribution in [2.45, 2.75) is 31.6 Å². The number of hydrogen-bond donors (Lipinski definition) is 1. The number of benzene rings is 2. The summed E-state index contributed by atoms with van der Waals surface area (Å²) in [5.41, 5.74) is 3.72. The SMILES string of the molecule is C[C@@H]1C[C@@H](C)CN(S(=O)(=O)c2ccc(C(=O)Nc3nc4c(s3)Cc3ccccc3-4)cc2)C1. The van der Waals surface area contributed by atoms with Crippen molar-refractivity contribution < 1.29 is 13.2 Å². The lowest BCUT2D eigenvalue weighted by Crippen LogP contribution is -2.42. The third kappa shape index (κ3) is 3.87. The number of piperidine rings is 1. The molecule has 2 aliphatic rings. The van der Waals surface area contributed by atoms with Crippen molar-refractivity contribution in [2.75, 3.05) is 18.4 Å². The second-order valence-electron chi connectivity index (χ2n) is 8.87. The van der Waals surface area contributed by atoms with E-state index in [2.05, 4.69) is 36.3 Å². The lowest BCUT2D eigenvalue weighted by Gasteiger charge is -2.34. The number of aromatic nitrogens is 1. The summed E-state index contributed by atoms with van der Waals surface area (Å²) in [6.45, 7) is 5.23. The molecule has 0 unspecified atom stereocenters. The summed E-state index contributed by atoms with van der Waals surface area (Å²) >= 11 is 1.48. The van der Waals surface area contributed by atoms with E-state index in [9.17, 15) is 13.2 Å². The van der Waals surface area contributed by atoms with Crippen molar-refractivity contribution in [3.8, 4) is 11.3 Å². The molecule has 1 aliphatic carbocycles. The molecule has 5 rings (SSSR count). The summed E-state index contributed by atoms with van der Waals surface area (Å²) in [5.74, 6) is 0.380. The Hall–Kier alpha value is -2.55. The highest BCUT2D eigenvalue weighted by molar-refractivity contribution is 7.89. The molecule has 3 aromatic rings. The van der Waals surface area contributed by atoms with Gasteiger partial charge in [0.05, 0.1) is 10.6 Å². The molecule has 1 fully saturated rings. The van der Waals surface area contributed by atoms with Crippen molar-refractivity contribution in [3.05, 3.63) is 64.5 Å². The Morgan fingerprint density at radius 1 is 1.06 bits per heavy atom. The Balaban J connectivity index is 1.30. The van der Waals surface area contributed by atoms with Gasteiger partial charge < -0.3 is 0 Å². The summed E-state index contributed by atoms with van der Waals surface area (Å²) in [7, 11) is -3.56. The third-order valence-corrected chi connectivity index (χ3v) is 8.95. The highest BCUT2D eigenvalue weighted by atomic mass is 32.2. The van der Waals surface area contributed by atoms with Crippen LogP contribution in [0.3, 0.4) is 0 Å². The first-order valence-electron chi connectivity index (χ1n) is 10.8. The second-order valence-corrected chi connectivity index (χ2v) is 11.9. The molecule has 1 aromatic heterocycles. The van der Waals surface area contributed by atoms with Crippen molar-refractivity contribution in [1.82, 2.24) is 9.29 Å². The van der Waals surface area contributed by atoms with Crippen LogP contribution in [0.15, 0.2) is 53.4 Å². The maximum atomic E-state index is 13.0. The molecule has 8 heteroatoms. The molecular weight excluding hydrogens is 442 g/mol. The maximum Gasteiger partial charge on any atom is 0.257 e. The standard InChI is InChI=1S/C24H25N3O3S2/c1-15-11-16(2)14-27(13-15)32(29,30)19-9-7-17(8-10-19)23(28)26-24-25-22-20-6-4-3-5-18(20)12-21(22)31-24/h3-10,15-16H,11-14H2,1-2H3,(H,25,26,28)/t15-,16-/m1/s1. The molecule has 32 heavy (non-hydrogen) atoms. The lowest BCUT2D eigenvalue weighted by atomic mass is 9.94. The highest BCUT2D eigenvalue weighted by Gasteiger charge is 2.31. The Morgan fingerprint density at radius 2 is 1.75 bits per heavy atom. The fraction of sp³-hybridized carbons (Fsp3) is 0.333. The summed E-state index contributed by atoms with van der Waals surface area (Å²) in [6, 6.07) is 14.3. The average molecular weight is 468 g/mol. The van der Waals surface area contributed by atoms with Crippen LogP contribution in [-0.2, 0) is 16.4 Å². The van der Waals surface area contributed by atoms with Gasteiger partial charge in [-0.3, -0.25) is 10.1 Å². The number of amides is 1. The number of carbonyl (C=O) groups excluding carboxylic acids is 1. The molecule has 2 aromatic carbocycles. The van der Waals surface area contributed by atoms with Gasteiger partial charge in [-0.1, -0.05) is 38.1 Å². The molecule has 1 aliphatic heterocycles. The van der Waals surface area contributed by atoms with Crippen LogP contribution in [0.5, 0.6) is 0 Å². The summed E-state index contributed by atoms with van der Waals surface area (Å²) in [5, 5.41) is 3.42. The van der Waals surface area contributed by atoms with E-state index in [1.165, 1.54) is 29.0 Å². The molecule has 1 N–H and O–H groups in total. The first-order chi connectivity index (χ1) is 15.3. The topological polar surface area (TPSA) is 79.4 Å². The van der Waals surface area contributed by atoms with Crippen LogP contribution in [0.4, 0.5) is 5.13 Å². The molecule has 0 bridgehead atoms. The monoisotopic (exact) mass is 467 g/mol. The first-order valence-corrected chi connectivity index (χ1v) is 13.1. The van der Waals surface area contributed by atoms with Gasteiger partial charge in [0.2, 0.25) is 10.0 Å². The van der Waals surface area contributed by atoms with Gasteiger partial charge >= 0.3 is 0 Å². The molecule has 166 valence electrons. The summed E-state index contributed by atoms with van der Waals surface area (Å²) in [6.07, 6.45) is 1.87. The van der Waals surface area contributed by atoms with E-state index in [1.807, 2.05) is 12.1 Å². The van der Waals surface area contributed by atoms with Crippen LogP contribution < -0.4 is 5.32 Å². The van der Waals surface area contributed by atoms with E-state index in [0.29, 0.717) is 35.6 Å². The maximum absolute atomic E-state index is 13.0. The molecule has 0 spiro atoms. The van der Waals surface area contributed by atoms with Crippen LogP contribution in [0.25, 0.3) is 11.3 Å². The minimum absolute atomic E-state index is 0.222. The van der Waals surface area contributed by atoms with E-state index in [1.54, 1.807) is 16.4 Å². The summed E-state index contributed by atoms with van der Waals surface area (Å²) < 4.78 is 27.7. The number of nitrogens with zero attached hydrogens (tertiary/aromatic N) is 2. The van der Waals surface area contributed by atoms with Gasteiger partial charge in [0.25, 0.3) is 5.91 Å². The van der Waals surface area contributed by atoms with Crippen LogP contribution >= 0.6 is 11.3 Å². The minimum Gasteiger partial charge on any atom is -0.298 e. The molecule has 2 atom stereocenters. The zero-order chi connectivity index (χ0) is 22.5. The van der Waals surface area contributed by atoms with E-state index in [4.69, 9.17) is 0 Å². The Bertz CT molecular complexity index is 1270. The zero-order valence-electron chi connectivity index (χ0n) is 18.0. The lowest BCUT2D eigenvalue weighted by molar-refractivity contribution is 0.102. The predicted molar refractivity (Wildman–Crippen MR) is 126 cm³/mol. The molecule has 2 heterocycles. The molecule has 1 amide bonds. The van der Waals surface area contributed by atoms with Gasteiger partial charge in [-0.25, -0.2) is 13.4 Å². The van der Waals surface area contributed by atoms with Gasteiger partial charge in [0, 0.05) is 35.5 Å². The quantitative estimate of drug-likeness (QED) is 0.474. The largest absolute Gasteiger partial charge is 0.298 e. The number of carbonyl (C=O) groups is 1. The minimum atomic E-state index is -3.56. The van der Waals surface area contributed by atoms with Gasteiger partial charge in [0.15, 0.2) is 5.13 Å². The van der Waals surface area contributed by atoms with Gasteiger partial charge in [-0.05, 0) is 48.1 Å². The smallest absolute Gasteiger partial charge is 0.257 e. The number of hydrogen-bond acceptors (Lipinski definition) is 5. The van der Waals surface area contributed by atoms with Crippen LogP contribution in [0.1, 0.15) is 41.1 Å². The van der Waals surface area contributed by atoms with E-state index in [0.717, 1.165) is 29.0 Å². The third-order valence-electron chi connectivity index (χ3n) is 6.13. The van der Waals surface area contributed by atoms with Crippen molar-refractivity contribution in [2.24, 2.45) is 11.8 Å². The van der Waals surface area contributed by atoms with E-state index >= 15 is 0 Å². The predicted octanol–water partition coefficient (Wildman–Crippen LogP) is 4.63. The Kier molecular flexibility index (Phi) is 5.39. The zero-order valence-corrected chi connectivity index (χ0v) is 19.7. The number of anilines is 1. The van der Waals surface area contributed by atoms with Gasteiger partial charge in [-0.15, -0.1) is 11.3 Å². The average Bonchev–Trinajstić information content (AvgIpc) is 3.30. The van der Waals surface area contributed by atoms with Crippen LogP contribution in [-0.4, -0.2) is 36.7 Å². The molecule has 6 nitrogen and oxygen atoms in total. The Morgan fingerprint density at radius 3 is 2.47 bits per heavy atom. The van der Waals surface area contributed by atoms with Gasteiger partial charge in [0.1, 0.15) is 0 Å². The molecule has 0 radical (unpaired) electrons. The van der Waals surface area contributed by atoms with Gasteiger partial charge in [-0.2, -0.15) is 4.31 Å². The fourth-order valence-electron chi connectivity index (χ4n) is 4.71. The number of thiazole rings is 1.